The molecule has 3 N–H and O–H groups in total. The van der Waals surface area contributed by atoms with Crippen molar-refractivity contribution in [1.82, 2.24) is 5.32 Å². The lowest BCUT2D eigenvalue weighted by Gasteiger charge is -2.17. The average Bonchev–Trinajstić information content (AvgIpc) is 2.23. The van der Waals surface area contributed by atoms with Crippen LogP contribution in [0.25, 0.3) is 0 Å². The number of rotatable bonds is 5. The van der Waals surface area contributed by atoms with Gasteiger partial charge >= 0.3 is 0 Å². The van der Waals surface area contributed by atoms with Crippen molar-refractivity contribution < 1.29 is 4.79 Å². The monoisotopic (exact) mass is 234 g/mol. The molecule has 3 nitrogen and oxygen atoms in total. The molecule has 0 aliphatic rings. The molecule has 0 spiro atoms. The molecular weight excluding hydrogens is 212 g/mol. The fourth-order valence-corrected chi connectivity index (χ4v) is 1.55. The summed E-state index contributed by atoms with van der Waals surface area (Å²) in [7, 11) is 0. The van der Waals surface area contributed by atoms with Crippen LogP contribution in [0.1, 0.15) is 37.8 Å². The first-order chi connectivity index (χ1) is 7.87. The molecule has 1 rings (SSSR count). The maximum atomic E-state index is 11.6. The minimum atomic E-state index is -0.277. The van der Waals surface area contributed by atoms with Crippen molar-refractivity contribution in [2.75, 3.05) is 0 Å². The smallest absolute Gasteiger partial charge is 0.220 e. The van der Waals surface area contributed by atoms with Crippen LogP contribution in [-0.4, -0.2) is 11.4 Å². The van der Waals surface area contributed by atoms with E-state index in [9.17, 15) is 4.79 Å². The van der Waals surface area contributed by atoms with Gasteiger partial charge in [-0.05, 0) is 32.8 Å². The Hall–Kier alpha value is -1.35. The molecule has 0 aliphatic heterocycles. The van der Waals surface area contributed by atoms with Gasteiger partial charge in [-0.25, -0.2) is 0 Å². The number of amides is 1. The molecular formula is C14H22N2O. The van der Waals surface area contributed by atoms with Crippen LogP contribution in [0.2, 0.25) is 0 Å². The van der Waals surface area contributed by atoms with Crippen molar-refractivity contribution in [3.8, 4) is 0 Å². The van der Waals surface area contributed by atoms with E-state index in [4.69, 9.17) is 5.73 Å². The molecule has 17 heavy (non-hydrogen) atoms. The Balaban J connectivity index is 2.33. The number of hydrogen-bond donors (Lipinski definition) is 2. The van der Waals surface area contributed by atoms with E-state index in [0.29, 0.717) is 19.4 Å². The largest absolute Gasteiger partial charge is 0.352 e. The van der Waals surface area contributed by atoms with Gasteiger partial charge in [0.25, 0.3) is 0 Å². The maximum Gasteiger partial charge on any atom is 0.220 e. The summed E-state index contributed by atoms with van der Waals surface area (Å²) in [6, 6.07) is 8.13. The van der Waals surface area contributed by atoms with Gasteiger partial charge in [-0.3, -0.25) is 4.79 Å². The summed E-state index contributed by atoms with van der Waals surface area (Å²) in [6.45, 7) is 6.50. The highest BCUT2D eigenvalue weighted by molar-refractivity contribution is 5.75. The Labute approximate surface area is 103 Å². The topological polar surface area (TPSA) is 55.1 Å². The summed E-state index contributed by atoms with van der Waals surface area (Å²) in [4.78, 5) is 11.6. The molecule has 0 bridgehead atoms. The molecule has 0 aromatic heterocycles. The summed E-state index contributed by atoms with van der Waals surface area (Å²) in [5.41, 5.74) is 7.89. The third-order valence-corrected chi connectivity index (χ3v) is 2.57. The second kappa shape index (κ2) is 5.82. The van der Waals surface area contributed by atoms with Gasteiger partial charge < -0.3 is 11.1 Å². The van der Waals surface area contributed by atoms with E-state index in [0.717, 1.165) is 5.56 Å². The number of aryl methyl sites for hydroxylation is 1. The number of nitrogens with one attached hydrogen (secondary N) is 1. The van der Waals surface area contributed by atoms with Gasteiger partial charge in [0.05, 0.1) is 0 Å². The van der Waals surface area contributed by atoms with Gasteiger partial charge in [0.15, 0.2) is 0 Å². The van der Waals surface area contributed by atoms with Crippen LogP contribution in [0.3, 0.4) is 0 Å². The second-order valence-electron chi connectivity index (χ2n) is 5.25. The Morgan fingerprint density at radius 1 is 1.41 bits per heavy atom. The molecule has 0 heterocycles. The third kappa shape index (κ3) is 6.07. The zero-order chi connectivity index (χ0) is 12.9. The van der Waals surface area contributed by atoms with Crippen molar-refractivity contribution in [2.45, 2.75) is 45.7 Å². The highest BCUT2D eigenvalue weighted by Gasteiger charge is 2.12. The van der Waals surface area contributed by atoms with E-state index in [1.54, 1.807) is 0 Å². The molecule has 0 atom stereocenters. The summed E-state index contributed by atoms with van der Waals surface area (Å²) in [6.07, 6.45) is 1.18. The van der Waals surface area contributed by atoms with E-state index < -0.39 is 0 Å². The number of nitrogens with two attached hydrogens (primary N) is 1. The van der Waals surface area contributed by atoms with Crippen LogP contribution in [0.4, 0.5) is 0 Å². The van der Waals surface area contributed by atoms with E-state index in [1.807, 2.05) is 39.0 Å². The van der Waals surface area contributed by atoms with Crippen molar-refractivity contribution in [3.05, 3.63) is 35.4 Å². The van der Waals surface area contributed by atoms with Crippen LogP contribution in [0.5, 0.6) is 0 Å². The van der Waals surface area contributed by atoms with Crippen LogP contribution < -0.4 is 11.1 Å². The summed E-state index contributed by atoms with van der Waals surface area (Å²) in [5, 5.41) is 2.90. The fraction of sp³-hybridized carbons (Fsp3) is 0.500. The lowest BCUT2D eigenvalue weighted by atomic mass is 10.00. The quantitative estimate of drug-likeness (QED) is 0.820. The molecule has 1 aromatic carbocycles. The van der Waals surface area contributed by atoms with Gasteiger partial charge in [-0.15, -0.1) is 0 Å². The SMILES string of the molecule is Cc1cccc(CNC(=O)CCC(C)(C)N)c1. The predicted octanol–water partition coefficient (Wildman–Crippen LogP) is 2.13. The van der Waals surface area contributed by atoms with Gasteiger partial charge in [0.2, 0.25) is 5.91 Å². The normalized spacial score (nSPS) is 11.3. The lowest BCUT2D eigenvalue weighted by Crippen LogP contribution is -2.34. The minimum absolute atomic E-state index is 0.0602. The fourth-order valence-electron chi connectivity index (χ4n) is 1.55. The molecule has 94 valence electrons. The van der Waals surface area contributed by atoms with Crippen molar-refractivity contribution in [2.24, 2.45) is 5.73 Å². The van der Waals surface area contributed by atoms with Gasteiger partial charge in [-0.1, -0.05) is 29.8 Å². The van der Waals surface area contributed by atoms with Crippen molar-refractivity contribution in [1.29, 1.82) is 0 Å². The third-order valence-electron chi connectivity index (χ3n) is 2.57. The van der Waals surface area contributed by atoms with E-state index >= 15 is 0 Å². The lowest BCUT2D eigenvalue weighted by molar-refractivity contribution is -0.121. The Bertz CT molecular complexity index is 380. The number of hydrogen-bond acceptors (Lipinski definition) is 2. The molecule has 0 aliphatic carbocycles. The van der Waals surface area contributed by atoms with Crippen LogP contribution >= 0.6 is 0 Å². The standard InChI is InChI=1S/C14H22N2O/c1-11-5-4-6-12(9-11)10-16-13(17)7-8-14(2,3)15/h4-6,9H,7-8,10,15H2,1-3H3,(H,16,17). The Morgan fingerprint density at radius 2 is 2.12 bits per heavy atom. The van der Waals surface area contributed by atoms with Gasteiger partial charge in [0, 0.05) is 18.5 Å². The molecule has 1 aromatic rings. The van der Waals surface area contributed by atoms with E-state index in [1.165, 1.54) is 5.56 Å². The van der Waals surface area contributed by atoms with Crippen molar-refractivity contribution in [3.63, 3.8) is 0 Å². The summed E-state index contributed by atoms with van der Waals surface area (Å²) < 4.78 is 0. The van der Waals surface area contributed by atoms with Crippen molar-refractivity contribution >= 4 is 5.91 Å². The van der Waals surface area contributed by atoms with Crippen LogP contribution in [-0.2, 0) is 11.3 Å². The Morgan fingerprint density at radius 3 is 2.71 bits per heavy atom. The molecule has 0 unspecified atom stereocenters. The first-order valence-electron chi connectivity index (χ1n) is 5.98. The Kier molecular flexibility index (Phi) is 4.70. The first kappa shape index (κ1) is 13.7. The first-order valence-corrected chi connectivity index (χ1v) is 5.98. The second-order valence-corrected chi connectivity index (χ2v) is 5.25. The maximum absolute atomic E-state index is 11.6. The average molecular weight is 234 g/mol. The van der Waals surface area contributed by atoms with Crippen LogP contribution in [0, 0.1) is 6.92 Å². The molecule has 3 heteroatoms. The highest BCUT2D eigenvalue weighted by Crippen LogP contribution is 2.07. The number of benzene rings is 1. The zero-order valence-electron chi connectivity index (χ0n) is 10.9. The molecule has 0 radical (unpaired) electrons. The molecule has 0 fully saturated rings. The molecule has 1 amide bonds. The predicted molar refractivity (Wildman–Crippen MR) is 70.5 cm³/mol. The van der Waals surface area contributed by atoms with Gasteiger partial charge in [-0.2, -0.15) is 0 Å². The molecule has 0 saturated heterocycles. The zero-order valence-corrected chi connectivity index (χ0v) is 10.9. The number of carbonyl (C=O) groups excluding carboxylic acids is 1. The van der Waals surface area contributed by atoms with E-state index in [-0.39, 0.29) is 11.4 Å². The van der Waals surface area contributed by atoms with E-state index in [2.05, 4.69) is 11.4 Å². The highest BCUT2D eigenvalue weighted by atomic mass is 16.1. The summed E-state index contributed by atoms with van der Waals surface area (Å²) >= 11 is 0. The van der Waals surface area contributed by atoms with Crippen LogP contribution in [0.15, 0.2) is 24.3 Å². The molecule has 0 saturated carbocycles. The summed E-state index contributed by atoms with van der Waals surface area (Å²) in [5.74, 6) is 0.0602. The minimum Gasteiger partial charge on any atom is -0.352 e. The van der Waals surface area contributed by atoms with Gasteiger partial charge in [0.1, 0.15) is 0 Å². The number of carbonyl (C=O) groups is 1.